The van der Waals surface area contributed by atoms with E-state index in [0.717, 1.165) is 122 Å². The first-order valence-corrected chi connectivity index (χ1v) is 40.6. The molecule has 5 atom stereocenters. The number of phosphoric ester groups is 2. The highest BCUT2D eigenvalue weighted by molar-refractivity contribution is 7.47. The van der Waals surface area contributed by atoms with Crippen LogP contribution in [0.4, 0.5) is 0 Å². The van der Waals surface area contributed by atoms with Gasteiger partial charge in [-0.15, -0.1) is 0 Å². The normalized spacial score (nSPS) is 14.1. The minimum Gasteiger partial charge on any atom is -0.462 e. The number of aliphatic hydroxyl groups is 1. The number of unbranched alkanes of at least 4 members (excludes halogenated alkanes) is 42. The van der Waals surface area contributed by atoms with Gasteiger partial charge >= 0.3 is 39.5 Å². The molecule has 0 rings (SSSR count). The van der Waals surface area contributed by atoms with Crippen LogP contribution >= 0.6 is 15.6 Å². The van der Waals surface area contributed by atoms with Crippen molar-refractivity contribution in [2.45, 2.75) is 380 Å². The molecule has 0 spiro atoms. The zero-order valence-electron chi connectivity index (χ0n) is 59.0. The first-order chi connectivity index (χ1) is 44.7. The Bertz CT molecular complexity index is 1850. The van der Waals surface area contributed by atoms with Crippen molar-refractivity contribution in [3.05, 3.63) is 24.3 Å². The van der Waals surface area contributed by atoms with Gasteiger partial charge in [0.2, 0.25) is 0 Å². The highest BCUT2D eigenvalue weighted by Crippen LogP contribution is 2.45. The molecule has 0 aromatic carbocycles. The number of hydrogen-bond donors (Lipinski definition) is 3. The smallest absolute Gasteiger partial charge is 0.462 e. The van der Waals surface area contributed by atoms with E-state index in [1.807, 2.05) is 0 Å². The number of hydrogen-bond acceptors (Lipinski definition) is 15. The van der Waals surface area contributed by atoms with E-state index >= 15 is 0 Å². The first-order valence-electron chi connectivity index (χ1n) is 37.6. The molecule has 3 N–H and O–H groups in total. The van der Waals surface area contributed by atoms with Crippen LogP contribution in [0.3, 0.4) is 0 Å². The first kappa shape index (κ1) is 89.5. The predicted molar refractivity (Wildman–Crippen MR) is 372 cm³/mol. The Hall–Kier alpha value is -2.46. The topological polar surface area (TPSA) is 237 Å². The summed E-state index contributed by atoms with van der Waals surface area (Å²) in [7, 11) is -9.92. The summed E-state index contributed by atoms with van der Waals surface area (Å²) in [6.45, 7) is 4.89. The quantitative estimate of drug-likeness (QED) is 0.0169. The number of aliphatic hydroxyl groups excluding tert-OH is 1. The van der Waals surface area contributed by atoms with E-state index in [4.69, 9.17) is 37.0 Å². The van der Waals surface area contributed by atoms with Crippen molar-refractivity contribution in [1.82, 2.24) is 0 Å². The van der Waals surface area contributed by atoms with Crippen LogP contribution in [-0.2, 0) is 65.4 Å². The van der Waals surface area contributed by atoms with Gasteiger partial charge in [0.05, 0.1) is 26.4 Å². The van der Waals surface area contributed by atoms with Gasteiger partial charge in [0.1, 0.15) is 19.3 Å². The zero-order chi connectivity index (χ0) is 67.5. The molecule has 0 fully saturated rings. The molecular weight excluding hydrogens is 1210 g/mol. The van der Waals surface area contributed by atoms with E-state index < -0.39 is 97.5 Å². The molecule has 0 radical (unpaired) electrons. The molecule has 0 saturated heterocycles. The number of rotatable bonds is 72. The molecule has 0 aromatic rings. The van der Waals surface area contributed by atoms with E-state index in [-0.39, 0.29) is 25.7 Å². The second-order valence-corrected chi connectivity index (χ2v) is 28.5. The summed E-state index contributed by atoms with van der Waals surface area (Å²) in [5.74, 6) is -2.15. The number of esters is 4. The minimum absolute atomic E-state index is 0.0904. The highest BCUT2D eigenvalue weighted by atomic mass is 31.2. The molecular formula is C73H138O17P2. The van der Waals surface area contributed by atoms with Crippen LogP contribution in [-0.4, -0.2) is 96.7 Å². The molecule has 542 valence electrons. The van der Waals surface area contributed by atoms with Crippen LogP contribution in [0.5, 0.6) is 0 Å². The summed E-state index contributed by atoms with van der Waals surface area (Å²) in [6, 6.07) is 0. The Balaban J connectivity index is 5.27. The second-order valence-electron chi connectivity index (χ2n) is 25.6. The van der Waals surface area contributed by atoms with Crippen LogP contribution in [0.2, 0.25) is 0 Å². The molecule has 92 heavy (non-hydrogen) atoms. The molecule has 0 aliphatic heterocycles. The van der Waals surface area contributed by atoms with E-state index in [2.05, 4.69) is 52.0 Å². The Morgan fingerprint density at radius 2 is 0.500 bits per heavy atom. The van der Waals surface area contributed by atoms with Gasteiger partial charge in [-0.05, 0) is 77.0 Å². The molecule has 19 heteroatoms. The van der Waals surface area contributed by atoms with E-state index in [1.165, 1.54) is 161 Å². The Labute approximate surface area is 561 Å². The number of carbonyl (C=O) groups excluding carboxylic acids is 4. The fourth-order valence-corrected chi connectivity index (χ4v) is 12.2. The van der Waals surface area contributed by atoms with Gasteiger partial charge in [0, 0.05) is 25.7 Å². The minimum atomic E-state index is -4.96. The second kappa shape index (κ2) is 67.1. The van der Waals surface area contributed by atoms with Gasteiger partial charge in [0.25, 0.3) is 0 Å². The molecule has 0 bridgehead atoms. The highest BCUT2D eigenvalue weighted by Gasteiger charge is 2.30. The van der Waals surface area contributed by atoms with Crippen LogP contribution in [0, 0.1) is 0 Å². The van der Waals surface area contributed by atoms with Crippen molar-refractivity contribution in [1.29, 1.82) is 0 Å². The third kappa shape index (κ3) is 66.2. The third-order valence-electron chi connectivity index (χ3n) is 16.4. The van der Waals surface area contributed by atoms with Crippen LogP contribution in [0.15, 0.2) is 24.3 Å². The summed E-state index contributed by atoms with van der Waals surface area (Å²) < 4.78 is 68.3. The van der Waals surface area contributed by atoms with Crippen LogP contribution in [0.1, 0.15) is 362 Å². The maximum atomic E-state index is 13.0. The molecule has 5 unspecified atom stereocenters. The van der Waals surface area contributed by atoms with Crippen molar-refractivity contribution in [2.75, 3.05) is 39.6 Å². The van der Waals surface area contributed by atoms with E-state index in [1.54, 1.807) is 0 Å². The maximum absolute atomic E-state index is 13.0. The summed E-state index contributed by atoms with van der Waals surface area (Å²) in [6.07, 6.45) is 58.9. The number of carbonyl (C=O) groups is 4. The molecule has 0 aliphatic rings. The predicted octanol–water partition coefficient (Wildman–Crippen LogP) is 21.0. The zero-order valence-corrected chi connectivity index (χ0v) is 60.8. The lowest BCUT2D eigenvalue weighted by molar-refractivity contribution is -0.161. The van der Waals surface area contributed by atoms with Crippen molar-refractivity contribution < 1.29 is 80.2 Å². The van der Waals surface area contributed by atoms with Gasteiger partial charge in [-0.3, -0.25) is 37.3 Å². The molecule has 17 nitrogen and oxygen atoms in total. The molecule has 0 aromatic heterocycles. The Kier molecular flexibility index (Phi) is 65.3. The standard InChI is InChI=1S/C73H138O17P2/c1-5-9-13-17-21-25-29-32-33-36-39-42-46-50-54-58-71(76)84-63-68(89-72(77)59-55-51-47-43-37-28-24-20-16-12-8-4)65-87-91(79,80)85-61-67(74)62-86-92(81,82)88-66-69(90-73(78)60-56-52-48-44-40-35-31-27-23-19-15-11-7-3)64-83-70(75)57-53-49-45-41-38-34-30-26-22-18-14-10-6-2/h26-27,30-31,67-69,74H,5-25,28-29,32-66H2,1-4H3,(H,79,80)(H,81,82)/b30-26-,31-27-. The maximum Gasteiger partial charge on any atom is 0.472 e. The average Bonchev–Trinajstić information content (AvgIpc) is 3.33. The van der Waals surface area contributed by atoms with Gasteiger partial charge in [-0.1, -0.05) is 283 Å². The summed E-state index contributed by atoms with van der Waals surface area (Å²) >= 11 is 0. The monoisotopic (exact) mass is 1350 g/mol. The van der Waals surface area contributed by atoms with Gasteiger partial charge in [-0.25, -0.2) is 9.13 Å². The van der Waals surface area contributed by atoms with Gasteiger partial charge in [0.15, 0.2) is 12.2 Å². The fourth-order valence-electron chi connectivity index (χ4n) is 10.6. The summed E-state index contributed by atoms with van der Waals surface area (Å²) in [4.78, 5) is 72.6. The third-order valence-corrected chi connectivity index (χ3v) is 18.3. The van der Waals surface area contributed by atoms with Gasteiger partial charge in [-0.2, -0.15) is 0 Å². The SMILES string of the molecule is CCCCCC/C=C\CCCCCCCC(=O)OCC(COP(=O)(O)OCC(O)COP(=O)(O)OCC(COC(=O)CCCCCCCCCCCCCCCCC)OC(=O)CCCCCCCCCCCCC)OC(=O)CCCCCCC/C=C\CCCCCC. The lowest BCUT2D eigenvalue weighted by Gasteiger charge is -2.21. The lowest BCUT2D eigenvalue weighted by atomic mass is 10.0. The number of allylic oxidation sites excluding steroid dienone is 4. The largest absolute Gasteiger partial charge is 0.472 e. The van der Waals surface area contributed by atoms with Crippen molar-refractivity contribution in [3.63, 3.8) is 0 Å². The van der Waals surface area contributed by atoms with E-state index in [9.17, 15) is 43.2 Å². The lowest BCUT2D eigenvalue weighted by Crippen LogP contribution is -2.30. The van der Waals surface area contributed by atoms with E-state index in [0.29, 0.717) is 25.7 Å². The summed E-state index contributed by atoms with van der Waals surface area (Å²) in [5.41, 5.74) is 0. The van der Waals surface area contributed by atoms with Crippen molar-refractivity contribution in [3.8, 4) is 0 Å². The molecule has 0 heterocycles. The number of phosphoric acid groups is 2. The number of ether oxygens (including phenoxy) is 4. The Morgan fingerprint density at radius 3 is 0.761 bits per heavy atom. The molecule has 0 amide bonds. The van der Waals surface area contributed by atoms with Crippen molar-refractivity contribution >= 4 is 39.5 Å². The van der Waals surface area contributed by atoms with Gasteiger partial charge < -0.3 is 33.8 Å². The Morgan fingerprint density at radius 1 is 0.293 bits per heavy atom. The average molecular weight is 1350 g/mol. The molecule has 0 aliphatic carbocycles. The fraction of sp³-hybridized carbons (Fsp3) is 0.890. The van der Waals surface area contributed by atoms with Crippen molar-refractivity contribution in [2.24, 2.45) is 0 Å². The summed E-state index contributed by atoms with van der Waals surface area (Å²) in [5, 5.41) is 10.6. The van der Waals surface area contributed by atoms with Crippen LogP contribution in [0.25, 0.3) is 0 Å². The van der Waals surface area contributed by atoms with Crippen LogP contribution < -0.4 is 0 Å². The molecule has 0 saturated carbocycles.